The minimum atomic E-state index is -0.952. The topological polar surface area (TPSA) is 84.9 Å². The molecule has 3 saturated heterocycles. The Morgan fingerprint density at radius 1 is 1.29 bits per heavy atom. The fourth-order valence-electron chi connectivity index (χ4n) is 4.20. The Kier molecular flexibility index (Phi) is 5.09. The summed E-state index contributed by atoms with van der Waals surface area (Å²) in [6.07, 6.45) is 0.228. The van der Waals surface area contributed by atoms with Crippen LogP contribution in [-0.4, -0.2) is 59.3 Å². The van der Waals surface area contributed by atoms with Gasteiger partial charge >= 0.3 is 6.09 Å². The molecule has 0 aliphatic carbocycles. The third kappa shape index (κ3) is 3.50. The van der Waals surface area contributed by atoms with Crippen LogP contribution in [0.5, 0.6) is 0 Å². The first-order valence-electron chi connectivity index (χ1n) is 9.18. The maximum atomic E-state index is 14.9. The number of anilines is 2. The Morgan fingerprint density at radius 3 is 2.46 bits per heavy atom. The molecule has 10 heteroatoms. The number of benzene rings is 1. The van der Waals surface area contributed by atoms with E-state index in [0.29, 0.717) is 11.5 Å². The molecule has 2 amide bonds. The van der Waals surface area contributed by atoms with Crippen LogP contribution in [0, 0.1) is 11.6 Å². The molecule has 152 valence electrons. The normalized spacial score (nSPS) is 29.2. The van der Waals surface area contributed by atoms with Gasteiger partial charge in [0.05, 0.1) is 30.9 Å². The van der Waals surface area contributed by atoms with E-state index in [9.17, 15) is 22.9 Å². The molecule has 1 aromatic rings. The number of carbonyl (C=O) groups is 2. The predicted molar refractivity (Wildman–Crippen MR) is 99.8 cm³/mol. The fraction of sp³-hybridized carbons (Fsp3) is 0.556. The van der Waals surface area contributed by atoms with E-state index in [2.05, 4.69) is 5.32 Å². The van der Waals surface area contributed by atoms with Crippen molar-refractivity contribution in [2.24, 2.45) is 0 Å². The minimum Gasteiger partial charge on any atom is -0.616 e. The van der Waals surface area contributed by atoms with Crippen LogP contribution in [-0.2, 0) is 20.7 Å². The SMILES string of the molecule is CC(=O)NC[C@H]1CN(c2cc(F)c(N3[C@@H]4CC[C@H]3C[S+]([O-])C4)c(F)c2)C(=O)O1. The zero-order valence-electron chi connectivity index (χ0n) is 15.3. The second-order valence-corrected chi connectivity index (χ2v) is 8.92. The van der Waals surface area contributed by atoms with Crippen LogP contribution in [0.3, 0.4) is 0 Å². The molecule has 3 heterocycles. The highest BCUT2D eigenvalue weighted by atomic mass is 32.2. The first-order chi connectivity index (χ1) is 13.3. The van der Waals surface area contributed by atoms with E-state index in [4.69, 9.17) is 4.74 Å². The van der Waals surface area contributed by atoms with Gasteiger partial charge in [0.15, 0.2) is 11.6 Å². The van der Waals surface area contributed by atoms with Gasteiger partial charge in [-0.15, -0.1) is 0 Å². The van der Waals surface area contributed by atoms with Gasteiger partial charge in [-0.25, -0.2) is 13.6 Å². The number of ether oxygens (including phenoxy) is 1. The molecular formula is C18H21F2N3O4S. The quantitative estimate of drug-likeness (QED) is 0.757. The number of hydrogen-bond acceptors (Lipinski definition) is 5. The molecule has 1 N–H and O–H groups in total. The van der Waals surface area contributed by atoms with E-state index in [1.54, 1.807) is 4.90 Å². The van der Waals surface area contributed by atoms with E-state index < -0.39 is 35.0 Å². The summed E-state index contributed by atoms with van der Waals surface area (Å²) in [6, 6.07) is 2.00. The highest BCUT2D eigenvalue weighted by Crippen LogP contribution is 2.40. The van der Waals surface area contributed by atoms with Crippen molar-refractivity contribution < 1.29 is 27.7 Å². The molecule has 28 heavy (non-hydrogen) atoms. The first-order valence-corrected chi connectivity index (χ1v) is 10.7. The van der Waals surface area contributed by atoms with Crippen molar-refractivity contribution in [1.29, 1.82) is 0 Å². The number of hydrogen-bond donors (Lipinski definition) is 1. The number of halogens is 2. The van der Waals surface area contributed by atoms with E-state index in [-0.39, 0.29) is 42.5 Å². The molecule has 4 rings (SSSR count). The van der Waals surface area contributed by atoms with Gasteiger partial charge in [0.1, 0.15) is 23.3 Å². The summed E-state index contributed by atoms with van der Waals surface area (Å²) >= 11 is -0.952. The van der Waals surface area contributed by atoms with Gasteiger partial charge in [-0.05, 0) is 24.0 Å². The van der Waals surface area contributed by atoms with Gasteiger partial charge in [-0.3, -0.25) is 9.69 Å². The van der Waals surface area contributed by atoms with E-state index in [0.717, 1.165) is 29.9 Å². The van der Waals surface area contributed by atoms with Crippen molar-refractivity contribution in [2.45, 2.75) is 38.0 Å². The number of carbonyl (C=O) groups excluding carboxylic acids is 2. The Labute approximate surface area is 164 Å². The van der Waals surface area contributed by atoms with Crippen molar-refractivity contribution in [3.8, 4) is 0 Å². The Balaban J connectivity index is 1.55. The lowest BCUT2D eigenvalue weighted by atomic mass is 10.1. The Morgan fingerprint density at radius 2 is 1.89 bits per heavy atom. The van der Waals surface area contributed by atoms with Crippen molar-refractivity contribution in [2.75, 3.05) is 34.4 Å². The maximum Gasteiger partial charge on any atom is 0.414 e. The number of rotatable bonds is 4. The third-order valence-electron chi connectivity index (χ3n) is 5.40. The van der Waals surface area contributed by atoms with Gasteiger partial charge in [-0.2, -0.15) is 0 Å². The zero-order valence-corrected chi connectivity index (χ0v) is 16.1. The van der Waals surface area contributed by atoms with Crippen molar-refractivity contribution in [3.63, 3.8) is 0 Å². The van der Waals surface area contributed by atoms with Crippen LogP contribution < -0.4 is 15.1 Å². The minimum absolute atomic E-state index is 0.0713. The second-order valence-electron chi connectivity index (χ2n) is 7.38. The largest absolute Gasteiger partial charge is 0.616 e. The van der Waals surface area contributed by atoms with Crippen LogP contribution >= 0.6 is 0 Å². The number of nitrogens with zero attached hydrogens (tertiary/aromatic N) is 2. The third-order valence-corrected chi connectivity index (χ3v) is 6.91. The Bertz CT molecular complexity index is 774. The smallest absolute Gasteiger partial charge is 0.414 e. The fourth-order valence-corrected chi connectivity index (χ4v) is 5.85. The van der Waals surface area contributed by atoms with E-state index >= 15 is 0 Å². The number of nitrogens with one attached hydrogen (secondary N) is 1. The molecule has 0 radical (unpaired) electrons. The van der Waals surface area contributed by atoms with Crippen LogP contribution in [0.4, 0.5) is 25.0 Å². The van der Waals surface area contributed by atoms with E-state index in [1.807, 2.05) is 0 Å². The predicted octanol–water partition coefficient (Wildman–Crippen LogP) is 1.53. The summed E-state index contributed by atoms with van der Waals surface area (Å²) in [4.78, 5) is 26.0. The molecule has 3 fully saturated rings. The van der Waals surface area contributed by atoms with Crippen LogP contribution in [0.15, 0.2) is 12.1 Å². The average Bonchev–Trinajstić information content (AvgIpc) is 3.10. The summed E-state index contributed by atoms with van der Waals surface area (Å²) in [6.45, 7) is 1.57. The first kappa shape index (κ1) is 19.3. The number of amides is 2. The molecule has 2 bridgehead atoms. The van der Waals surface area contributed by atoms with Gasteiger partial charge < -0.3 is 19.5 Å². The summed E-state index contributed by atoms with van der Waals surface area (Å²) < 4.78 is 46.8. The monoisotopic (exact) mass is 413 g/mol. The van der Waals surface area contributed by atoms with Crippen molar-refractivity contribution in [1.82, 2.24) is 5.32 Å². The summed E-state index contributed by atoms with van der Waals surface area (Å²) in [7, 11) is 0. The Hall–Kier alpha value is -2.07. The highest BCUT2D eigenvalue weighted by Gasteiger charge is 2.45. The second kappa shape index (κ2) is 7.40. The standard InChI is InChI=1S/C18H21F2N3O4S/c1-10(24)21-6-14-7-22(18(25)27-14)13-4-15(19)17(16(20)5-13)23-11-2-3-12(23)9-28(26)8-11/h4-5,11-12,14H,2-3,6-9H2,1H3,(H,21,24)/t11-,12+,14-,28?/m0/s1. The van der Waals surface area contributed by atoms with E-state index in [1.165, 1.54) is 6.92 Å². The molecule has 0 saturated carbocycles. The molecule has 0 spiro atoms. The van der Waals surface area contributed by atoms with Crippen LogP contribution in [0.25, 0.3) is 0 Å². The summed E-state index contributed by atoms with van der Waals surface area (Å²) in [5, 5.41) is 2.55. The lowest BCUT2D eigenvalue weighted by Crippen LogP contribution is -2.49. The molecular weight excluding hydrogens is 392 g/mol. The van der Waals surface area contributed by atoms with Gasteiger partial charge in [0.2, 0.25) is 5.91 Å². The van der Waals surface area contributed by atoms with Gasteiger partial charge in [-0.1, -0.05) is 0 Å². The highest BCUT2D eigenvalue weighted by molar-refractivity contribution is 7.91. The van der Waals surface area contributed by atoms with Crippen molar-refractivity contribution in [3.05, 3.63) is 23.8 Å². The molecule has 7 nitrogen and oxygen atoms in total. The van der Waals surface area contributed by atoms with Crippen LogP contribution in [0.2, 0.25) is 0 Å². The molecule has 0 aromatic heterocycles. The lowest BCUT2D eigenvalue weighted by molar-refractivity contribution is -0.119. The van der Waals surface area contributed by atoms with Crippen molar-refractivity contribution >= 4 is 34.6 Å². The zero-order chi connectivity index (χ0) is 20.0. The lowest BCUT2D eigenvalue weighted by Gasteiger charge is -2.37. The maximum absolute atomic E-state index is 14.9. The summed E-state index contributed by atoms with van der Waals surface area (Å²) in [5.74, 6) is -0.927. The van der Waals surface area contributed by atoms with Crippen LogP contribution in [0.1, 0.15) is 19.8 Å². The summed E-state index contributed by atoms with van der Waals surface area (Å²) in [5.41, 5.74) is -0.0441. The van der Waals surface area contributed by atoms with Gasteiger partial charge in [0.25, 0.3) is 0 Å². The molecule has 3 aliphatic heterocycles. The number of fused-ring (bicyclic) bond motifs is 2. The molecule has 1 unspecified atom stereocenters. The van der Waals surface area contributed by atoms with Gasteiger partial charge in [0, 0.05) is 19.1 Å². The average molecular weight is 413 g/mol. The molecule has 4 atom stereocenters. The molecule has 3 aliphatic rings. The number of cyclic esters (lactones) is 1. The molecule has 1 aromatic carbocycles.